The summed E-state index contributed by atoms with van der Waals surface area (Å²) in [4.78, 5) is 9.92. The van der Waals surface area contributed by atoms with Gasteiger partial charge in [-0.1, -0.05) is 11.6 Å². The number of halogens is 2. The maximum Gasteiger partial charge on any atom is 0.245 e. The van der Waals surface area contributed by atoms with Gasteiger partial charge in [0.1, 0.15) is 0 Å². The molecule has 0 fully saturated rings. The second-order valence-corrected chi connectivity index (χ2v) is 4.42. The van der Waals surface area contributed by atoms with Gasteiger partial charge in [0, 0.05) is 26.0 Å². The van der Waals surface area contributed by atoms with Gasteiger partial charge in [-0.05, 0) is 35.7 Å². The van der Waals surface area contributed by atoms with Crippen LogP contribution in [0.3, 0.4) is 0 Å². The lowest BCUT2D eigenvalue weighted by molar-refractivity contribution is 0.837. The van der Waals surface area contributed by atoms with Crippen molar-refractivity contribution in [2.45, 2.75) is 6.42 Å². The molecular formula is C11H11Cl2N5. The highest BCUT2D eigenvalue weighted by atomic mass is 35.5. The molecule has 2 rings (SSSR count). The molecule has 18 heavy (non-hydrogen) atoms. The Hall–Kier alpha value is -1.46. The number of aromatic nitrogens is 4. The highest BCUT2D eigenvalue weighted by Crippen LogP contribution is 2.20. The van der Waals surface area contributed by atoms with E-state index in [2.05, 4.69) is 20.2 Å². The number of hydrogen-bond donors (Lipinski definition) is 0. The number of rotatable bonds is 4. The van der Waals surface area contributed by atoms with Crippen LogP contribution in [0.15, 0.2) is 24.5 Å². The summed E-state index contributed by atoms with van der Waals surface area (Å²) in [6.45, 7) is 0.749. The fraction of sp³-hybridized carbons (Fsp3) is 0.273. The quantitative estimate of drug-likeness (QED) is 0.862. The summed E-state index contributed by atoms with van der Waals surface area (Å²) < 4.78 is 0. The van der Waals surface area contributed by atoms with Crippen molar-refractivity contribution in [1.82, 2.24) is 20.2 Å². The standard InChI is InChI=1S/C11H11Cl2N5/c1-18(7-4-8-2-5-14-6-3-8)10-9(12)16-17-11(13)15-10/h2-3,5-6H,4,7H2,1H3. The van der Waals surface area contributed by atoms with Crippen molar-refractivity contribution < 1.29 is 0 Å². The molecule has 0 spiro atoms. The normalized spacial score (nSPS) is 10.4. The third-order valence-corrected chi connectivity index (χ3v) is 2.85. The van der Waals surface area contributed by atoms with E-state index in [1.54, 1.807) is 12.4 Å². The van der Waals surface area contributed by atoms with E-state index in [0.717, 1.165) is 13.0 Å². The van der Waals surface area contributed by atoms with E-state index < -0.39 is 0 Å². The molecule has 0 bridgehead atoms. The Balaban J connectivity index is 2.03. The van der Waals surface area contributed by atoms with Gasteiger partial charge in [0.2, 0.25) is 5.28 Å². The maximum atomic E-state index is 5.93. The number of hydrogen-bond acceptors (Lipinski definition) is 5. The predicted octanol–water partition coefficient (Wildman–Crippen LogP) is 2.25. The molecule has 0 aromatic carbocycles. The highest BCUT2D eigenvalue weighted by molar-refractivity contribution is 6.32. The summed E-state index contributed by atoms with van der Waals surface area (Å²) in [7, 11) is 1.88. The van der Waals surface area contributed by atoms with Crippen molar-refractivity contribution in [3.63, 3.8) is 0 Å². The van der Waals surface area contributed by atoms with E-state index in [1.807, 2.05) is 24.1 Å². The minimum absolute atomic E-state index is 0.0881. The lowest BCUT2D eigenvalue weighted by Crippen LogP contribution is -2.22. The van der Waals surface area contributed by atoms with Crippen LogP contribution in [0.2, 0.25) is 10.4 Å². The molecule has 0 unspecified atom stereocenters. The van der Waals surface area contributed by atoms with E-state index in [0.29, 0.717) is 5.82 Å². The van der Waals surface area contributed by atoms with E-state index in [1.165, 1.54) is 5.56 Å². The van der Waals surface area contributed by atoms with E-state index >= 15 is 0 Å². The molecule has 0 aliphatic carbocycles. The van der Waals surface area contributed by atoms with E-state index in [-0.39, 0.29) is 10.4 Å². The topological polar surface area (TPSA) is 54.8 Å². The Morgan fingerprint density at radius 1 is 1.17 bits per heavy atom. The van der Waals surface area contributed by atoms with Gasteiger partial charge in [-0.2, -0.15) is 4.98 Å². The minimum Gasteiger partial charge on any atom is -0.357 e. The first-order valence-electron chi connectivity index (χ1n) is 5.32. The zero-order valence-corrected chi connectivity index (χ0v) is 11.2. The zero-order chi connectivity index (χ0) is 13.0. The van der Waals surface area contributed by atoms with Gasteiger partial charge >= 0.3 is 0 Å². The molecular weight excluding hydrogens is 273 g/mol. The first-order valence-corrected chi connectivity index (χ1v) is 6.08. The predicted molar refractivity (Wildman–Crippen MR) is 71.1 cm³/mol. The Bertz CT molecular complexity index is 520. The second kappa shape index (κ2) is 5.93. The number of nitrogens with zero attached hydrogens (tertiary/aromatic N) is 5. The van der Waals surface area contributed by atoms with Gasteiger partial charge < -0.3 is 4.90 Å². The Labute approximate surface area is 115 Å². The van der Waals surface area contributed by atoms with Crippen LogP contribution in [0, 0.1) is 0 Å². The Morgan fingerprint density at radius 3 is 2.61 bits per heavy atom. The number of anilines is 1. The van der Waals surface area contributed by atoms with Crippen molar-refractivity contribution >= 4 is 29.0 Å². The van der Waals surface area contributed by atoms with E-state index in [9.17, 15) is 0 Å². The molecule has 0 aliphatic heterocycles. The van der Waals surface area contributed by atoms with Gasteiger partial charge in [-0.25, -0.2) is 0 Å². The molecule has 2 aromatic heterocycles. The summed E-state index contributed by atoms with van der Waals surface area (Å²) in [5.41, 5.74) is 1.20. The molecule has 0 N–H and O–H groups in total. The fourth-order valence-electron chi connectivity index (χ4n) is 1.48. The molecule has 0 atom stereocenters. The molecule has 5 nitrogen and oxygen atoms in total. The van der Waals surface area contributed by atoms with Crippen LogP contribution in [-0.4, -0.2) is 33.8 Å². The highest BCUT2D eigenvalue weighted by Gasteiger charge is 2.10. The van der Waals surface area contributed by atoms with Crippen LogP contribution in [0.25, 0.3) is 0 Å². The largest absolute Gasteiger partial charge is 0.357 e. The molecule has 2 heterocycles. The second-order valence-electron chi connectivity index (χ2n) is 3.72. The number of pyridine rings is 1. The smallest absolute Gasteiger partial charge is 0.245 e. The van der Waals surface area contributed by atoms with Gasteiger partial charge in [-0.15, -0.1) is 10.2 Å². The van der Waals surface area contributed by atoms with Crippen LogP contribution >= 0.6 is 23.2 Å². The van der Waals surface area contributed by atoms with E-state index in [4.69, 9.17) is 23.2 Å². The van der Waals surface area contributed by atoms with Gasteiger partial charge in [-0.3, -0.25) is 4.98 Å². The molecule has 0 amide bonds. The molecule has 0 aliphatic rings. The summed E-state index contributed by atoms with van der Waals surface area (Å²) in [5, 5.41) is 7.64. The third kappa shape index (κ3) is 3.27. The Kier molecular flexibility index (Phi) is 4.28. The molecule has 94 valence electrons. The molecule has 7 heteroatoms. The van der Waals surface area contributed by atoms with Crippen molar-refractivity contribution in [1.29, 1.82) is 0 Å². The van der Waals surface area contributed by atoms with Gasteiger partial charge in [0.05, 0.1) is 0 Å². The SMILES string of the molecule is CN(CCc1ccncc1)c1nc(Cl)nnc1Cl. The monoisotopic (exact) mass is 283 g/mol. The van der Waals surface area contributed by atoms with Crippen molar-refractivity contribution in [2.75, 3.05) is 18.5 Å². The van der Waals surface area contributed by atoms with Crippen molar-refractivity contribution in [2.24, 2.45) is 0 Å². The fourth-order valence-corrected chi connectivity index (χ4v) is 1.82. The van der Waals surface area contributed by atoms with Crippen LogP contribution < -0.4 is 4.90 Å². The number of likely N-dealkylation sites (N-methyl/N-ethyl adjacent to an activating group) is 1. The summed E-state index contributed by atoms with van der Waals surface area (Å²) in [5.74, 6) is 0.533. The van der Waals surface area contributed by atoms with Gasteiger partial charge in [0.15, 0.2) is 11.0 Å². The van der Waals surface area contributed by atoms with Crippen LogP contribution in [0.5, 0.6) is 0 Å². The summed E-state index contributed by atoms with van der Waals surface area (Å²) in [6, 6.07) is 3.95. The lowest BCUT2D eigenvalue weighted by atomic mass is 10.2. The molecule has 2 aromatic rings. The zero-order valence-electron chi connectivity index (χ0n) is 9.72. The van der Waals surface area contributed by atoms with Crippen molar-refractivity contribution in [3.8, 4) is 0 Å². The maximum absolute atomic E-state index is 5.93. The van der Waals surface area contributed by atoms with Gasteiger partial charge in [0.25, 0.3) is 0 Å². The van der Waals surface area contributed by atoms with Crippen LogP contribution in [0.4, 0.5) is 5.82 Å². The molecule has 0 saturated carbocycles. The lowest BCUT2D eigenvalue weighted by Gasteiger charge is -2.18. The first kappa shape index (κ1) is 13.0. The Morgan fingerprint density at radius 2 is 1.89 bits per heavy atom. The summed E-state index contributed by atoms with van der Waals surface area (Å²) in [6.07, 6.45) is 4.40. The minimum atomic E-state index is 0.0881. The third-order valence-electron chi connectivity index (χ3n) is 2.45. The van der Waals surface area contributed by atoms with Crippen LogP contribution in [-0.2, 0) is 6.42 Å². The average molecular weight is 284 g/mol. The average Bonchev–Trinajstić information content (AvgIpc) is 2.40. The summed E-state index contributed by atoms with van der Waals surface area (Å²) >= 11 is 11.6. The molecule has 0 saturated heterocycles. The first-order chi connectivity index (χ1) is 8.66. The molecule has 0 radical (unpaired) electrons. The van der Waals surface area contributed by atoms with Crippen molar-refractivity contribution in [3.05, 3.63) is 40.5 Å². The van der Waals surface area contributed by atoms with Crippen LogP contribution in [0.1, 0.15) is 5.56 Å².